The first-order valence-electron chi connectivity index (χ1n) is 6.80. The van der Waals surface area contributed by atoms with Gasteiger partial charge in [0.05, 0.1) is 21.3 Å². The molecule has 0 unspecified atom stereocenters. The molecule has 1 aromatic carbocycles. The predicted octanol–water partition coefficient (Wildman–Crippen LogP) is 3.61. The fourth-order valence-electron chi connectivity index (χ4n) is 1.86. The van der Waals surface area contributed by atoms with Crippen molar-refractivity contribution in [2.45, 2.75) is 26.2 Å². The highest BCUT2D eigenvalue weighted by Gasteiger charge is 2.20. The van der Waals surface area contributed by atoms with E-state index in [2.05, 4.69) is 35.4 Å². The molecule has 0 radical (unpaired) electrons. The van der Waals surface area contributed by atoms with Crippen LogP contribution in [0.2, 0.25) is 0 Å². The summed E-state index contributed by atoms with van der Waals surface area (Å²) in [5.74, 6) is 2.55. The summed E-state index contributed by atoms with van der Waals surface area (Å²) in [5.41, 5.74) is 0.720. The highest BCUT2D eigenvalue weighted by Crippen LogP contribution is 2.40. The van der Waals surface area contributed by atoms with Gasteiger partial charge in [0.1, 0.15) is 5.82 Å². The second kappa shape index (κ2) is 6.39. The lowest BCUT2D eigenvalue weighted by atomic mass is 9.96. The van der Waals surface area contributed by atoms with E-state index in [0.29, 0.717) is 17.2 Å². The van der Waals surface area contributed by atoms with Crippen molar-refractivity contribution in [3.8, 4) is 17.2 Å². The van der Waals surface area contributed by atoms with Crippen LogP contribution in [-0.2, 0) is 5.41 Å². The third-order valence-electron chi connectivity index (χ3n) is 3.01. The van der Waals surface area contributed by atoms with Gasteiger partial charge in [-0.3, -0.25) is 0 Å². The number of ether oxygens (including phenoxy) is 3. The summed E-state index contributed by atoms with van der Waals surface area (Å²) in [4.78, 5) is 4.51. The van der Waals surface area contributed by atoms with Gasteiger partial charge in [0.25, 0.3) is 0 Å². The molecule has 7 heteroatoms. The summed E-state index contributed by atoms with van der Waals surface area (Å²) in [6.07, 6.45) is 0. The molecule has 0 bridgehead atoms. The zero-order chi connectivity index (χ0) is 16.3. The van der Waals surface area contributed by atoms with Crippen LogP contribution in [0.1, 0.15) is 26.6 Å². The molecule has 22 heavy (non-hydrogen) atoms. The van der Waals surface area contributed by atoms with E-state index < -0.39 is 0 Å². The van der Waals surface area contributed by atoms with Crippen LogP contribution in [0.5, 0.6) is 17.2 Å². The van der Waals surface area contributed by atoms with Crippen LogP contribution in [0, 0.1) is 0 Å². The van der Waals surface area contributed by atoms with Gasteiger partial charge in [-0.2, -0.15) is 4.37 Å². The average molecular weight is 323 g/mol. The number of methoxy groups -OCH3 is 3. The standard InChI is InChI=1S/C15H21N3O3S/c1-15(2,3)13-17-14(22-18-13)16-9-7-10(19-4)12(21-6)11(8-9)20-5/h7-8H,1-6H3,(H,16,17,18). The van der Waals surface area contributed by atoms with Crippen LogP contribution in [0.4, 0.5) is 10.8 Å². The molecule has 0 saturated carbocycles. The second-order valence-electron chi connectivity index (χ2n) is 5.71. The maximum absolute atomic E-state index is 5.34. The summed E-state index contributed by atoms with van der Waals surface area (Å²) in [6, 6.07) is 3.67. The number of benzene rings is 1. The molecule has 0 aliphatic heterocycles. The number of anilines is 2. The van der Waals surface area contributed by atoms with Gasteiger partial charge < -0.3 is 19.5 Å². The zero-order valence-electron chi connectivity index (χ0n) is 13.7. The molecule has 6 nitrogen and oxygen atoms in total. The molecule has 1 N–H and O–H groups in total. The van der Waals surface area contributed by atoms with Crippen LogP contribution in [0.25, 0.3) is 0 Å². The fourth-order valence-corrected chi connectivity index (χ4v) is 2.63. The number of aromatic nitrogens is 2. The molecular weight excluding hydrogens is 302 g/mol. The first-order chi connectivity index (χ1) is 10.4. The molecule has 1 heterocycles. The summed E-state index contributed by atoms with van der Waals surface area (Å²) in [7, 11) is 4.75. The maximum Gasteiger partial charge on any atom is 0.207 e. The molecule has 120 valence electrons. The lowest BCUT2D eigenvalue weighted by molar-refractivity contribution is 0.324. The van der Waals surface area contributed by atoms with Crippen molar-refractivity contribution in [2.24, 2.45) is 0 Å². The first-order valence-corrected chi connectivity index (χ1v) is 7.57. The minimum absolute atomic E-state index is 0.0777. The predicted molar refractivity (Wildman–Crippen MR) is 88.0 cm³/mol. The van der Waals surface area contributed by atoms with E-state index in [0.717, 1.165) is 16.6 Å². The molecular formula is C15H21N3O3S. The fraction of sp³-hybridized carbons (Fsp3) is 0.467. The van der Waals surface area contributed by atoms with Crippen molar-refractivity contribution in [1.29, 1.82) is 0 Å². The third-order valence-corrected chi connectivity index (χ3v) is 3.64. The van der Waals surface area contributed by atoms with Crippen molar-refractivity contribution in [3.63, 3.8) is 0 Å². The molecule has 2 rings (SSSR count). The second-order valence-corrected chi connectivity index (χ2v) is 6.46. The number of nitrogens with zero attached hydrogens (tertiary/aromatic N) is 2. The lowest BCUT2D eigenvalue weighted by Gasteiger charge is -2.14. The van der Waals surface area contributed by atoms with Crippen molar-refractivity contribution in [2.75, 3.05) is 26.6 Å². The Kier molecular flexibility index (Phi) is 4.75. The minimum Gasteiger partial charge on any atom is -0.493 e. The smallest absolute Gasteiger partial charge is 0.207 e. The largest absolute Gasteiger partial charge is 0.493 e. The Bertz CT molecular complexity index is 625. The molecule has 0 spiro atoms. The molecule has 0 amide bonds. The van der Waals surface area contributed by atoms with Gasteiger partial charge in [-0.1, -0.05) is 20.8 Å². The minimum atomic E-state index is -0.0777. The van der Waals surface area contributed by atoms with E-state index >= 15 is 0 Å². The SMILES string of the molecule is COc1cc(Nc2nc(C(C)(C)C)ns2)cc(OC)c1OC. The molecule has 0 saturated heterocycles. The molecule has 2 aromatic rings. The Morgan fingerprint density at radius 1 is 1.00 bits per heavy atom. The Morgan fingerprint density at radius 3 is 2.00 bits per heavy atom. The van der Waals surface area contributed by atoms with Crippen LogP contribution >= 0.6 is 11.5 Å². The van der Waals surface area contributed by atoms with E-state index in [9.17, 15) is 0 Å². The summed E-state index contributed by atoms with van der Waals surface area (Å²) in [6.45, 7) is 6.24. The van der Waals surface area contributed by atoms with Gasteiger partial charge >= 0.3 is 0 Å². The first kappa shape index (κ1) is 16.4. The molecule has 0 aliphatic carbocycles. The van der Waals surface area contributed by atoms with E-state index in [1.807, 2.05) is 12.1 Å². The summed E-state index contributed by atoms with van der Waals surface area (Å²) in [5, 5.41) is 3.95. The van der Waals surface area contributed by atoms with Crippen molar-refractivity contribution in [1.82, 2.24) is 9.36 Å². The normalized spacial score (nSPS) is 11.2. The van der Waals surface area contributed by atoms with Crippen LogP contribution in [0.15, 0.2) is 12.1 Å². The van der Waals surface area contributed by atoms with Gasteiger partial charge in [-0.25, -0.2) is 4.98 Å². The van der Waals surface area contributed by atoms with Crippen LogP contribution in [0.3, 0.4) is 0 Å². The molecule has 1 aromatic heterocycles. The van der Waals surface area contributed by atoms with Gasteiger partial charge in [-0.15, -0.1) is 0 Å². The van der Waals surface area contributed by atoms with E-state index in [4.69, 9.17) is 14.2 Å². The topological polar surface area (TPSA) is 65.5 Å². The van der Waals surface area contributed by atoms with Gasteiger partial charge in [0, 0.05) is 34.8 Å². The monoisotopic (exact) mass is 323 g/mol. The van der Waals surface area contributed by atoms with Crippen LogP contribution in [-0.4, -0.2) is 30.7 Å². The van der Waals surface area contributed by atoms with Crippen molar-refractivity contribution >= 4 is 22.4 Å². The Morgan fingerprint density at radius 2 is 1.59 bits per heavy atom. The Hall–Kier alpha value is -2.02. The molecule has 0 atom stereocenters. The Labute approximate surface area is 134 Å². The van der Waals surface area contributed by atoms with Gasteiger partial charge in [0.15, 0.2) is 11.5 Å². The number of hydrogen-bond donors (Lipinski definition) is 1. The third kappa shape index (κ3) is 3.41. The van der Waals surface area contributed by atoms with E-state index in [-0.39, 0.29) is 5.41 Å². The highest BCUT2D eigenvalue weighted by molar-refractivity contribution is 7.09. The van der Waals surface area contributed by atoms with E-state index in [1.165, 1.54) is 11.5 Å². The number of nitrogens with one attached hydrogen (secondary N) is 1. The highest BCUT2D eigenvalue weighted by atomic mass is 32.1. The molecule has 0 fully saturated rings. The Balaban J connectivity index is 2.31. The van der Waals surface area contributed by atoms with E-state index in [1.54, 1.807) is 21.3 Å². The molecule has 0 aliphatic rings. The van der Waals surface area contributed by atoms with Gasteiger partial charge in [-0.05, 0) is 0 Å². The number of hydrogen-bond acceptors (Lipinski definition) is 7. The van der Waals surface area contributed by atoms with Gasteiger partial charge in [0.2, 0.25) is 10.9 Å². The quantitative estimate of drug-likeness (QED) is 0.907. The zero-order valence-corrected chi connectivity index (χ0v) is 14.5. The van der Waals surface area contributed by atoms with Crippen LogP contribution < -0.4 is 19.5 Å². The van der Waals surface area contributed by atoms with Crippen molar-refractivity contribution < 1.29 is 14.2 Å². The lowest BCUT2D eigenvalue weighted by Crippen LogP contribution is -2.13. The number of rotatable bonds is 5. The summed E-state index contributed by atoms with van der Waals surface area (Å²) < 4.78 is 20.4. The summed E-state index contributed by atoms with van der Waals surface area (Å²) >= 11 is 1.32. The average Bonchev–Trinajstić information content (AvgIpc) is 2.94. The van der Waals surface area contributed by atoms with Crippen molar-refractivity contribution in [3.05, 3.63) is 18.0 Å². The maximum atomic E-state index is 5.34.